The molecule has 0 spiro atoms. The second kappa shape index (κ2) is 8.15. The first-order valence-corrected chi connectivity index (χ1v) is 8.86. The van der Waals surface area contributed by atoms with Crippen molar-refractivity contribution in [3.63, 3.8) is 0 Å². The van der Waals surface area contributed by atoms with Gasteiger partial charge in [-0.25, -0.2) is 4.98 Å². The quantitative estimate of drug-likeness (QED) is 0.829. The van der Waals surface area contributed by atoms with Crippen LogP contribution in [0.2, 0.25) is 10.3 Å². The van der Waals surface area contributed by atoms with Crippen LogP contribution in [-0.4, -0.2) is 58.5 Å². The van der Waals surface area contributed by atoms with Gasteiger partial charge in [0, 0.05) is 38.3 Å². The zero-order chi connectivity index (χ0) is 17.8. The van der Waals surface area contributed by atoms with Crippen molar-refractivity contribution in [3.8, 4) is 0 Å². The van der Waals surface area contributed by atoms with E-state index in [2.05, 4.69) is 9.88 Å². The Bertz CT molecular complexity index is 714. The summed E-state index contributed by atoms with van der Waals surface area (Å²) in [6, 6.07) is 12.7. The van der Waals surface area contributed by atoms with Crippen molar-refractivity contribution < 1.29 is 9.90 Å². The van der Waals surface area contributed by atoms with Gasteiger partial charge < -0.3 is 10.0 Å². The molecule has 132 valence electrons. The Labute approximate surface area is 156 Å². The molecule has 1 amide bonds. The number of hydrogen-bond donors (Lipinski definition) is 1. The fourth-order valence-corrected chi connectivity index (χ4v) is 3.39. The Morgan fingerprint density at radius 1 is 1.08 bits per heavy atom. The number of nitrogens with zero attached hydrogens (tertiary/aromatic N) is 3. The average molecular weight is 380 g/mol. The molecule has 0 radical (unpaired) electrons. The fraction of sp³-hybridized carbons (Fsp3) is 0.333. The van der Waals surface area contributed by atoms with Gasteiger partial charge in [0.15, 0.2) is 0 Å². The number of β-amino-alcohol motifs (C(OH)–C–C–N with tert-alkyl or cyclic N) is 1. The molecule has 1 aliphatic rings. The van der Waals surface area contributed by atoms with Crippen LogP contribution in [0.1, 0.15) is 22.0 Å². The summed E-state index contributed by atoms with van der Waals surface area (Å²) in [4.78, 5) is 20.4. The van der Waals surface area contributed by atoms with Crippen LogP contribution in [0.4, 0.5) is 0 Å². The summed E-state index contributed by atoms with van der Waals surface area (Å²) in [6.45, 7) is 3.17. The van der Waals surface area contributed by atoms with Gasteiger partial charge in [-0.05, 0) is 17.7 Å². The molecule has 0 bridgehead atoms. The van der Waals surface area contributed by atoms with E-state index in [0.29, 0.717) is 38.3 Å². The number of benzene rings is 1. The standard InChI is InChI=1S/C18H19Cl2N3O2/c19-16-10-14(11-17(20)21-16)18(25)23-8-6-22(7-9-23)12-15(24)13-4-2-1-3-5-13/h1-5,10-11,15,24H,6-9,12H2. The molecular formula is C18H19Cl2N3O2. The van der Waals surface area contributed by atoms with E-state index in [1.807, 2.05) is 30.3 Å². The number of hydrogen-bond acceptors (Lipinski definition) is 4. The van der Waals surface area contributed by atoms with Gasteiger partial charge in [-0.3, -0.25) is 9.69 Å². The monoisotopic (exact) mass is 379 g/mol. The second-order valence-corrected chi connectivity index (χ2v) is 6.80. The summed E-state index contributed by atoms with van der Waals surface area (Å²) >= 11 is 11.7. The largest absolute Gasteiger partial charge is 0.387 e. The summed E-state index contributed by atoms with van der Waals surface area (Å²) < 4.78 is 0. The van der Waals surface area contributed by atoms with Crippen molar-refractivity contribution in [2.75, 3.05) is 32.7 Å². The summed E-state index contributed by atoms with van der Waals surface area (Å²) in [5, 5.41) is 10.7. The van der Waals surface area contributed by atoms with Crippen molar-refractivity contribution in [3.05, 3.63) is 63.9 Å². The van der Waals surface area contributed by atoms with Gasteiger partial charge in [-0.15, -0.1) is 0 Å². The third-order valence-electron chi connectivity index (χ3n) is 4.28. The third kappa shape index (κ3) is 4.70. The minimum atomic E-state index is -0.527. The minimum absolute atomic E-state index is 0.102. The molecule has 1 unspecified atom stereocenters. The lowest BCUT2D eigenvalue weighted by molar-refractivity contribution is 0.0527. The molecule has 3 rings (SSSR count). The summed E-state index contributed by atoms with van der Waals surface area (Å²) in [5.41, 5.74) is 1.35. The Balaban J connectivity index is 1.55. The lowest BCUT2D eigenvalue weighted by Gasteiger charge is -2.35. The number of pyridine rings is 1. The molecule has 2 heterocycles. The molecule has 1 aromatic carbocycles. The van der Waals surface area contributed by atoms with E-state index in [1.54, 1.807) is 4.90 Å². The van der Waals surface area contributed by atoms with E-state index in [0.717, 1.165) is 5.56 Å². The van der Waals surface area contributed by atoms with E-state index in [9.17, 15) is 9.90 Å². The lowest BCUT2D eigenvalue weighted by Crippen LogP contribution is -2.49. The van der Waals surface area contributed by atoms with E-state index in [1.165, 1.54) is 12.1 Å². The molecule has 2 aromatic rings. The number of piperazine rings is 1. The molecule has 0 aliphatic carbocycles. The van der Waals surface area contributed by atoms with Crippen molar-refractivity contribution in [1.29, 1.82) is 0 Å². The lowest BCUT2D eigenvalue weighted by atomic mass is 10.1. The predicted molar refractivity (Wildman–Crippen MR) is 98.0 cm³/mol. The molecule has 1 aliphatic heterocycles. The van der Waals surface area contributed by atoms with Gasteiger partial charge in [0.25, 0.3) is 5.91 Å². The van der Waals surface area contributed by atoms with E-state index in [4.69, 9.17) is 23.2 Å². The number of rotatable bonds is 4. The number of aliphatic hydroxyl groups excluding tert-OH is 1. The van der Waals surface area contributed by atoms with Crippen molar-refractivity contribution >= 4 is 29.1 Å². The maximum atomic E-state index is 12.6. The zero-order valence-corrected chi connectivity index (χ0v) is 15.1. The zero-order valence-electron chi connectivity index (χ0n) is 13.6. The van der Waals surface area contributed by atoms with Gasteiger partial charge in [0.05, 0.1) is 6.10 Å². The van der Waals surface area contributed by atoms with Gasteiger partial charge in [-0.2, -0.15) is 0 Å². The van der Waals surface area contributed by atoms with Crippen molar-refractivity contribution in [2.24, 2.45) is 0 Å². The minimum Gasteiger partial charge on any atom is -0.387 e. The number of carbonyl (C=O) groups is 1. The Morgan fingerprint density at radius 3 is 2.28 bits per heavy atom. The SMILES string of the molecule is O=C(c1cc(Cl)nc(Cl)c1)N1CCN(CC(O)c2ccccc2)CC1. The number of aromatic nitrogens is 1. The molecule has 1 fully saturated rings. The normalized spacial score (nSPS) is 16.7. The number of carbonyl (C=O) groups excluding carboxylic acids is 1. The maximum absolute atomic E-state index is 12.6. The Morgan fingerprint density at radius 2 is 1.68 bits per heavy atom. The van der Waals surface area contributed by atoms with E-state index in [-0.39, 0.29) is 16.2 Å². The highest BCUT2D eigenvalue weighted by molar-refractivity contribution is 6.33. The molecule has 1 saturated heterocycles. The first-order chi connectivity index (χ1) is 12.0. The van der Waals surface area contributed by atoms with Crippen LogP contribution in [0.25, 0.3) is 0 Å². The smallest absolute Gasteiger partial charge is 0.254 e. The Hall–Kier alpha value is -1.66. The van der Waals surface area contributed by atoms with Crippen LogP contribution < -0.4 is 0 Å². The van der Waals surface area contributed by atoms with Crippen LogP contribution in [0.15, 0.2) is 42.5 Å². The topological polar surface area (TPSA) is 56.7 Å². The number of halogens is 2. The number of amides is 1. The number of aliphatic hydroxyl groups is 1. The molecule has 1 N–H and O–H groups in total. The Kier molecular flexibility index (Phi) is 5.91. The first kappa shape index (κ1) is 18.1. The molecule has 7 heteroatoms. The summed E-state index contributed by atoms with van der Waals surface area (Å²) in [7, 11) is 0. The van der Waals surface area contributed by atoms with Crippen LogP contribution in [0.3, 0.4) is 0 Å². The van der Waals surface area contributed by atoms with Crippen LogP contribution in [-0.2, 0) is 0 Å². The van der Waals surface area contributed by atoms with Gasteiger partial charge >= 0.3 is 0 Å². The predicted octanol–water partition coefficient (Wildman–Crippen LogP) is 2.88. The van der Waals surface area contributed by atoms with Crippen molar-refractivity contribution in [1.82, 2.24) is 14.8 Å². The van der Waals surface area contributed by atoms with E-state index >= 15 is 0 Å². The van der Waals surface area contributed by atoms with Gasteiger partial charge in [0.1, 0.15) is 10.3 Å². The van der Waals surface area contributed by atoms with Crippen LogP contribution in [0, 0.1) is 0 Å². The van der Waals surface area contributed by atoms with Crippen LogP contribution >= 0.6 is 23.2 Å². The molecular weight excluding hydrogens is 361 g/mol. The van der Waals surface area contributed by atoms with E-state index < -0.39 is 6.10 Å². The molecule has 0 saturated carbocycles. The molecule has 1 atom stereocenters. The van der Waals surface area contributed by atoms with Gasteiger partial charge in [0.2, 0.25) is 0 Å². The maximum Gasteiger partial charge on any atom is 0.254 e. The average Bonchev–Trinajstić information content (AvgIpc) is 2.61. The highest BCUT2D eigenvalue weighted by Crippen LogP contribution is 2.18. The highest BCUT2D eigenvalue weighted by atomic mass is 35.5. The molecule has 5 nitrogen and oxygen atoms in total. The first-order valence-electron chi connectivity index (χ1n) is 8.10. The van der Waals surface area contributed by atoms with Gasteiger partial charge in [-0.1, -0.05) is 53.5 Å². The molecule has 25 heavy (non-hydrogen) atoms. The fourth-order valence-electron chi connectivity index (χ4n) is 2.93. The summed E-state index contributed by atoms with van der Waals surface area (Å²) in [5.74, 6) is -0.102. The highest BCUT2D eigenvalue weighted by Gasteiger charge is 2.24. The van der Waals surface area contributed by atoms with Crippen LogP contribution in [0.5, 0.6) is 0 Å². The second-order valence-electron chi connectivity index (χ2n) is 6.02. The summed E-state index contributed by atoms with van der Waals surface area (Å²) in [6.07, 6.45) is -0.527. The molecule has 1 aromatic heterocycles. The third-order valence-corrected chi connectivity index (χ3v) is 4.67. The van der Waals surface area contributed by atoms with Crippen molar-refractivity contribution in [2.45, 2.75) is 6.10 Å².